The lowest BCUT2D eigenvalue weighted by molar-refractivity contribution is -0.137. The number of carboxylic acid groups (broad SMARTS) is 1. The van der Waals surface area contributed by atoms with E-state index in [2.05, 4.69) is 13.0 Å². The van der Waals surface area contributed by atoms with Crippen LogP contribution in [0.5, 0.6) is 0 Å². The normalized spacial score (nSPS) is 13.2. The van der Waals surface area contributed by atoms with Gasteiger partial charge in [-0.15, -0.1) is 0 Å². The molecule has 1 atom stereocenters. The van der Waals surface area contributed by atoms with Gasteiger partial charge in [0.25, 0.3) is 0 Å². The number of rotatable bonds is 14. The number of hydrogen-bond acceptors (Lipinski definition) is 2. The van der Waals surface area contributed by atoms with Gasteiger partial charge in [0, 0.05) is 6.42 Å². The highest BCUT2D eigenvalue weighted by atomic mass is 16.4. The van der Waals surface area contributed by atoms with Crippen molar-refractivity contribution in [3.05, 3.63) is 24.3 Å². The van der Waals surface area contributed by atoms with E-state index in [4.69, 9.17) is 5.11 Å². The number of carboxylic acids is 1. The summed E-state index contributed by atoms with van der Waals surface area (Å²) in [6.45, 7) is 2.16. The van der Waals surface area contributed by atoms with Crippen LogP contribution in [-0.2, 0) is 4.79 Å². The van der Waals surface area contributed by atoms with E-state index in [9.17, 15) is 9.90 Å². The number of hydrogen-bond donors (Lipinski definition) is 2. The molecule has 0 fully saturated rings. The maximum absolute atomic E-state index is 10.3. The first-order chi connectivity index (χ1) is 10.2. The van der Waals surface area contributed by atoms with Crippen LogP contribution in [0, 0.1) is 0 Å². The summed E-state index contributed by atoms with van der Waals surface area (Å²) in [5.41, 5.74) is 0. The van der Waals surface area contributed by atoms with Crippen molar-refractivity contribution in [3.8, 4) is 0 Å². The number of allylic oxidation sites excluding steroid dienone is 3. The van der Waals surface area contributed by atoms with Crippen LogP contribution in [0.1, 0.15) is 77.6 Å². The van der Waals surface area contributed by atoms with Crippen molar-refractivity contribution < 1.29 is 15.0 Å². The molecule has 21 heavy (non-hydrogen) atoms. The molecule has 0 saturated carbocycles. The molecule has 0 aromatic rings. The summed E-state index contributed by atoms with van der Waals surface area (Å²) < 4.78 is 0. The van der Waals surface area contributed by atoms with E-state index >= 15 is 0 Å². The third kappa shape index (κ3) is 16.9. The Morgan fingerprint density at radius 3 is 2.43 bits per heavy atom. The Labute approximate surface area is 129 Å². The van der Waals surface area contributed by atoms with Gasteiger partial charge in [-0.05, 0) is 25.7 Å². The Hall–Kier alpha value is -1.09. The molecule has 3 nitrogen and oxygen atoms in total. The van der Waals surface area contributed by atoms with Crippen LogP contribution in [0.3, 0.4) is 0 Å². The third-order valence-electron chi connectivity index (χ3n) is 3.45. The summed E-state index contributed by atoms with van der Waals surface area (Å²) in [6.07, 6.45) is 18.5. The molecule has 122 valence electrons. The van der Waals surface area contributed by atoms with Gasteiger partial charge in [-0.2, -0.15) is 0 Å². The average molecular weight is 296 g/mol. The van der Waals surface area contributed by atoms with Gasteiger partial charge in [0.15, 0.2) is 0 Å². The summed E-state index contributed by atoms with van der Waals surface area (Å²) in [4.78, 5) is 10.3. The van der Waals surface area contributed by atoms with E-state index in [1.165, 1.54) is 12.8 Å². The molecule has 0 aliphatic heterocycles. The van der Waals surface area contributed by atoms with Crippen LogP contribution in [0.2, 0.25) is 0 Å². The molecule has 0 aromatic heterocycles. The van der Waals surface area contributed by atoms with Crippen molar-refractivity contribution in [2.24, 2.45) is 0 Å². The highest BCUT2D eigenvalue weighted by molar-refractivity contribution is 5.66. The van der Waals surface area contributed by atoms with Crippen LogP contribution in [0.15, 0.2) is 24.3 Å². The van der Waals surface area contributed by atoms with Crippen molar-refractivity contribution in [1.29, 1.82) is 0 Å². The lowest BCUT2D eigenvalue weighted by Crippen LogP contribution is -2.00. The quantitative estimate of drug-likeness (QED) is 0.355. The molecule has 0 bridgehead atoms. The van der Waals surface area contributed by atoms with Crippen LogP contribution in [0.4, 0.5) is 0 Å². The van der Waals surface area contributed by atoms with Crippen molar-refractivity contribution >= 4 is 5.97 Å². The zero-order valence-corrected chi connectivity index (χ0v) is 13.5. The SMILES string of the molecule is CCCCC[C@@H](O)/C=C/C=C\CCCCCCCC(=O)O. The van der Waals surface area contributed by atoms with Gasteiger partial charge in [-0.1, -0.05) is 69.8 Å². The molecular formula is C18H32O3. The van der Waals surface area contributed by atoms with E-state index in [1.807, 2.05) is 18.2 Å². The Bertz CT molecular complexity index is 295. The summed E-state index contributed by atoms with van der Waals surface area (Å²) in [5, 5.41) is 18.2. The molecule has 3 heteroatoms. The predicted molar refractivity (Wildman–Crippen MR) is 88.4 cm³/mol. The fourth-order valence-electron chi connectivity index (χ4n) is 2.14. The number of aliphatic carboxylic acids is 1. The fraction of sp³-hybridized carbons (Fsp3) is 0.722. The summed E-state index contributed by atoms with van der Waals surface area (Å²) in [7, 11) is 0. The predicted octanol–water partition coefficient (Wildman–Crippen LogP) is 4.86. The Morgan fingerprint density at radius 1 is 1.00 bits per heavy atom. The van der Waals surface area contributed by atoms with Crippen LogP contribution in [0.25, 0.3) is 0 Å². The second kappa shape index (κ2) is 15.3. The lowest BCUT2D eigenvalue weighted by Gasteiger charge is -2.03. The van der Waals surface area contributed by atoms with E-state index in [0.29, 0.717) is 6.42 Å². The van der Waals surface area contributed by atoms with Crippen molar-refractivity contribution in [2.45, 2.75) is 83.7 Å². The van der Waals surface area contributed by atoms with Crippen LogP contribution < -0.4 is 0 Å². The van der Waals surface area contributed by atoms with E-state index < -0.39 is 5.97 Å². The fourth-order valence-corrected chi connectivity index (χ4v) is 2.14. The minimum absolute atomic E-state index is 0.297. The highest BCUT2D eigenvalue weighted by Crippen LogP contribution is 2.08. The second-order valence-corrected chi connectivity index (χ2v) is 5.58. The first-order valence-electron chi connectivity index (χ1n) is 8.40. The molecular weight excluding hydrogens is 264 g/mol. The molecule has 0 spiro atoms. The van der Waals surface area contributed by atoms with Gasteiger partial charge in [0.05, 0.1) is 6.10 Å². The minimum Gasteiger partial charge on any atom is -0.481 e. The molecule has 0 radical (unpaired) electrons. The molecule has 0 aliphatic rings. The Morgan fingerprint density at radius 2 is 1.71 bits per heavy atom. The number of carbonyl (C=O) groups is 1. The van der Waals surface area contributed by atoms with Crippen LogP contribution >= 0.6 is 0 Å². The largest absolute Gasteiger partial charge is 0.481 e. The molecule has 0 rings (SSSR count). The highest BCUT2D eigenvalue weighted by Gasteiger charge is 1.97. The molecule has 0 unspecified atom stereocenters. The molecule has 0 aromatic carbocycles. The van der Waals surface area contributed by atoms with E-state index in [0.717, 1.165) is 51.4 Å². The first-order valence-corrected chi connectivity index (χ1v) is 8.40. The molecule has 0 aliphatic carbocycles. The first kappa shape index (κ1) is 19.9. The van der Waals surface area contributed by atoms with Gasteiger partial charge >= 0.3 is 5.97 Å². The lowest BCUT2D eigenvalue weighted by atomic mass is 10.1. The summed E-state index contributed by atoms with van der Waals surface area (Å²) in [5.74, 6) is -0.693. The standard InChI is InChI=1S/C18H32O3/c1-2-3-11-14-17(19)15-12-9-7-5-4-6-8-10-13-16-18(20)21/h7,9,12,15,17,19H,2-6,8,10-11,13-14,16H2,1H3,(H,20,21)/b9-7-,15-12+/t17-/m1/s1. The molecule has 0 amide bonds. The second-order valence-electron chi connectivity index (χ2n) is 5.58. The van der Waals surface area contributed by atoms with E-state index in [1.54, 1.807) is 0 Å². The van der Waals surface area contributed by atoms with Gasteiger partial charge in [0.2, 0.25) is 0 Å². The summed E-state index contributed by atoms with van der Waals surface area (Å²) in [6, 6.07) is 0. The summed E-state index contributed by atoms with van der Waals surface area (Å²) >= 11 is 0. The third-order valence-corrected chi connectivity index (χ3v) is 3.45. The smallest absolute Gasteiger partial charge is 0.303 e. The molecule has 2 N–H and O–H groups in total. The van der Waals surface area contributed by atoms with Crippen molar-refractivity contribution in [3.63, 3.8) is 0 Å². The number of aliphatic hydroxyl groups is 1. The Kier molecular flexibility index (Phi) is 14.5. The van der Waals surface area contributed by atoms with Gasteiger partial charge < -0.3 is 10.2 Å². The topological polar surface area (TPSA) is 57.5 Å². The maximum atomic E-state index is 10.3. The van der Waals surface area contributed by atoms with Crippen molar-refractivity contribution in [1.82, 2.24) is 0 Å². The van der Waals surface area contributed by atoms with Crippen LogP contribution in [-0.4, -0.2) is 22.3 Å². The zero-order valence-electron chi connectivity index (χ0n) is 13.5. The van der Waals surface area contributed by atoms with Gasteiger partial charge in [0.1, 0.15) is 0 Å². The van der Waals surface area contributed by atoms with Gasteiger partial charge in [-0.25, -0.2) is 0 Å². The van der Waals surface area contributed by atoms with Gasteiger partial charge in [-0.3, -0.25) is 4.79 Å². The number of aliphatic hydroxyl groups excluding tert-OH is 1. The zero-order chi connectivity index (χ0) is 15.8. The molecule has 0 heterocycles. The number of unbranched alkanes of at least 4 members (excludes halogenated alkanes) is 7. The average Bonchev–Trinajstić information content (AvgIpc) is 2.44. The molecule has 0 saturated heterocycles. The Balaban J connectivity index is 3.37. The van der Waals surface area contributed by atoms with E-state index in [-0.39, 0.29) is 6.10 Å². The monoisotopic (exact) mass is 296 g/mol. The maximum Gasteiger partial charge on any atom is 0.303 e. The van der Waals surface area contributed by atoms with Crippen molar-refractivity contribution in [2.75, 3.05) is 0 Å². The minimum atomic E-state index is -0.693.